The van der Waals surface area contributed by atoms with E-state index in [-0.39, 0.29) is 0 Å². The topological polar surface area (TPSA) is 81.4 Å². The number of carboxylic acid groups (broad SMARTS) is 1. The number of aryl methyl sites for hydroxylation is 1. The third-order valence-electron chi connectivity index (χ3n) is 2.68. The Hall–Kier alpha value is -2.34. The van der Waals surface area contributed by atoms with Gasteiger partial charge in [0.1, 0.15) is 11.4 Å². The van der Waals surface area contributed by atoms with Gasteiger partial charge in [-0.1, -0.05) is 11.6 Å². The standard InChI is InChI=1S/C13H11ClN2O4/c1-7-5-10(17)12(13(18)19)15-16(7)9-6-8(14)3-4-11(9)20-2/h3-6H,1-2H3,(H,18,19). The van der Waals surface area contributed by atoms with Gasteiger partial charge in [0.2, 0.25) is 11.1 Å². The Kier molecular flexibility index (Phi) is 3.76. The van der Waals surface area contributed by atoms with Crippen molar-refractivity contribution >= 4 is 17.6 Å². The minimum atomic E-state index is -1.38. The molecule has 0 unspecified atom stereocenters. The van der Waals surface area contributed by atoms with Gasteiger partial charge in [-0.25, -0.2) is 9.48 Å². The highest BCUT2D eigenvalue weighted by Crippen LogP contribution is 2.26. The molecule has 0 fully saturated rings. The number of hydrogen-bond donors (Lipinski definition) is 1. The number of carbonyl (C=O) groups is 1. The number of aromatic nitrogens is 2. The molecular formula is C13H11ClN2O4. The number of hydrogen-bond acceptors (Lipinski definition) is 4. The smallest absolute Gasteiger partial charge is 0.360 e. The maximum absolute atomic E-state index is 11.6. The Bertz CT molecular complexity index is 740. The summed E-state index contributed by atoms with van der Waals surface area (Å²) in [4.78, 5) is 22.6. The molecule has 20 heavy (non-hydrogen) atoms. The van der Waals surface area contributed by atoms with Gasteiger partial charge in [0.15, 0.2) is 0 Å². The Morgan fingerprint density at radius 2 is 2.10 bits per heavy atom. The van der Waals surface area contributed by atoms with Crippen molar-refractivity contribution in [3.8, 4) is 11.4 Å². The van der Waals surface area contributed by atoms with E-state index in [0.29, 0.717) is 22.2 Å². The molecule has 1 N–H and O–H groups in total. The van der Waals surface area contributed by atoms with Gasteiger partial charge in [-0.15, -0.1) is 0 Å². The van der Waals surface area contributed by atoms with Gasteiger partial charge < -0.3 is 9.84 Å². The quantitative estimate of drug-likeness (QED) is 0.935. The summed E-state index contributed by atoms with van der Waals surface area (Å²) in [5.41, 5.74) is -0.273. The molecule has 0 bridgehead atoms. The van der Waals surface area contributed by atoms with Crippen LogP contribution in [0.15, 0.2) is 29.1 Å². The summed E-state index contributed by atoms with van der Waals surface area (Å²) in [6.45, 7) is 1.64. The molecule has 1 heterocycles. The van der Waals surface area contributed by atoms with Crippen LogP contribution in [0.5, 0.6) is 5.75 Å². The molecule has 2 aromatic rings. The maximum atomic E-state index is 11.6. The van der Waals surface area contributed by atoms with Crippen molar-refractivity contribution in [3.63, 3.8) is 0 Å². The van der Waals surface area contributed by atoms with E-state index in [9.17, 15) is 9.59 Å². The third-order valence-corrected chi connectivity index (χ3v) is 2.91. The molecule has 0 saturated carbocycles. The molecule has 0 aliphatic rings. The fourth-order valence-corrected chi connectivity index (χ4v) is 1.93. The molecule has 0 aliphatic carbocycles. The second-order valence-corrected chi connectivity index (χ2v) is 4.47. The van der Waals surface area contributed by atoms with Gasteiger partial charge in [-0.2, -0.15) is 5.10 Å². The van der Waals surface area contributed by atoms with E-state index in [1.807, 2.05) is 0 Å². The van der Waals surface area contributed by atoms with Crippen molar-refractivity contribution in [2.45, 2.75) is 6.92 Å². The Balaban J connectivity index is 2.75. The first kappa shape index (κ1) is 14.1. The number of ether oxygens (including phenoxy) is 1. The first-order valence-corrected chi connectivity index (χ1v) is 6.00. The van der Waals surface area contributed by atoms with Crippen molar-refractivity contribution in [2.24, 2.45) is 0 Å². The number of carboxylic acids is 1. The van der Waals surface area contributed by atoms with Crippen LogP contribution < -0.4 is 10.2 Å². The molecular weight excluding hydrogens is 284 g/mol. The number of benzene rings is 1. The lowest BCUT2D eigenvalue weighted by atomic mass is 10.2. The molecule has 2 rings (SSSR count). The van der Waals surface area contributed by atoms with Crippen molar-refractivity contribution in [1.82, 2.24) is 9.78 Å². The average molecular weight is 295 g/mol. The first-order chi connectivity index (χ1) is 9.43. The zero-order chi connectivity index (χ0) is 14.9. The summed E-state index contributed by atoms with van der Waals surface area (Å²) in [5.74, 6) is -0.922. The average Bonchev–Trinajstić information content (AvgIpc) is 2.38. The van der Waals surface area contributed by atoms with Crippen LogP contribution in [0.1, 0.15) is 16.2 Å². The lowest BCUT2D eigenvalue weighted by Crippen LogP contribution is -2.22. The Morgan fingerprint density at radius 3 is 2.70 bits per heavy atom. The van der Waals surface area contributed by atoms with E-state index < -0.39 is 17.1 Å². The van der Waals surface area contributed by atoms with Crippen LogP contribution in [-0.2, 0) is 0 Å². The van der Waals surface area contributed by atoms with Crippen LogP contribution in [0.2, 0.25) is 5.02 Å². The lowest BCUT2D eigenvalue weighted by molar-refractivity contribution is 0.0686. The molecule has 7 heteroatoms. The molecule has 0 saturated heterocycles. The minimum absolute atomic E-state index is 0.442. The fraction of sp³-hybridized carbons (Fsp3) is 0.154. The number of methoxy groups -OCH3 is 1. The van der Waals surface area contributed by atoms with Crippen LogP contribution in [0.3, 0.4) is 0 Å². The monoisotopic (exact) mass is 294 g/mol. The minimum Gasteiger partial charge on any atom is -0.494 e. The molecule has 6 nitrogen and oxygen atoms in total. The molecule has 0 spiro atoms. The highest BCUT2D eigenvalue weighted by atomic mass is 35.5. The first-order valence-electron chi connectivity index (χ1n) is 5.62. The molecule has 104 valence electrons. The van der Waals surface area contributed by atoms with E-state index in [4.69, 9.17) is 21.4 Å². The van der Waals surface area contributed by atoms with Gasteiger partial charge in [0, 0.05) is 16.8 Å². The molecule has 1 aromatic carbocycles. The van der Waals surface area contributed by atoms with Crippen LogP contribution in [0.25, 0.3) is 5.69 Å². The van der Waals surface area contributed by atoms with E-state index in [0.717, 1.165) is 0 Å². The van der Waals surface area contributed by atoms with Crippen molar-refractivity contribution in [2.75, 3.05) is 7.11 Å². The molecule has 0 amide bonds. The summed E-state index contributed by atoms with van der Waals surface area (Å²) in [5, 5.41) is 13.3. The molecule has 0 atom stereocenters. The van der Waals surface area contributed by atoms with Crippen molar-refractivity contribution in [3.05, 3.63) is 50.9 Å². The number of nitrogens with zero attached hydrogens (tertiary/aromatic N) is 2. The van der Waals surface area contributed by atoms with Crippen LogP contribution >= 0.6 is 11.6 Å². The van der Waals surface area contributed by atoms with Gasteiger partial charge in [0.05, 0.1) is 7.11 Å². The van der Waals surface area contributed by atoms with Gasteiger partial charge in [-0.3, -0.25) is 4.79 Å². The summed E-state index contributed by atoms with van der Waals surface area (Å²) in [7, 11) is 1.47. The highest BCUT2D eigenvalue weighted by Gasteiger charge is 2.16. The SMILES string of the molecule is COc1ccc(Cl)cc1-n1nc(C(=O)O)c(=O)cc1C. The Labute approximate surface area is 119 Å². The van der Waals surface area contributed by atoms with Crippen LogP contribution in [0.4, 0.5) is 0 Å². The van der Waals surface area contributed by atoms with Crippen LogP contribution in [-0.4, -0.2) is 28.0 Å². The second kappa shape index (κ2) is 5.34. The summed E-state index contributed by atoms with van der Waals surface area (Å²) in [6.07, 6.45) is 0. The zero-order valence-electron chi connectivity index (χ0n) is 10.8. The number of halogens is 1. The van der Waals surface area contributed by atoms with E-state index >= 15 is 0 Å². The lowest BCUT2D eigenvalue weighted by Gasteiger charge is -2.13. The maximum Gasteiger partial charge on any atom is 0.360 e. The van der Waals surface area contributed by atoms with Gasteiger partial charge in [0.25, 0.3) is 0 Å². The van der Waals surface area contributed by atoms with Gasteiger partial charge in [-0.05, 0) is 25.1 Å². The summed E-state index contributed by atoms with van der Waals surface area (Å²) >= 11 is 5.93. The van der Waals surface area contributed by atoms with Crippen molar-refractivity contribution in [1.29, 1.82) is 0 Å². The largest absolute Gasteiger partial charge is 0.494 e. The third kappa shape index (κ3) is 2.50. The molecule has 1 aromatic heterocycles. The van der Waals surface area contributed by atoms with E-state index in [1.165, 1.54) is 17.9 Å². The normalized spacial score (nSPS) is 10.3. The number of rotatable bonds is 3. The fourth-order valence-electron chi connectivity index (χ4n) is 1.77. The highest BCUT2D eigenvalue weighted by molar-refractivity contribution is 6.30. The van der Waals surface area contributed by atoms with E-state index in [2.05, 4.69) is 5.10 Å². The molecule has 0 radical (unpaired) electrons. The molecule has 0 aliphatic heterocycles. The Morgan fingerprint density at radius 1 is 1.40 bits per heavy atom. The predicted octanol–water partition coefficient (Wildman–Crippen LogP) is 1.90. The second-order valence-electron chi connectivity index (χ2n) is 4.03. The van der Waals surface area contributed by atoms with E-state index in [1.54, 1.807) is 25.1 Å². The summed E-state index contributed by atoms with van der Waals surface area (Å²) in [6, 6.07) is 6.06. The van der Waals surface area contributed by atoms with Crippen molar-refractivity contribution < 1.29 is 14.6 Å². The summed E-state index contributed by atoms with van der Waals surface area (Å²) < 4.78 is 6.51. The zero-order valence-corrected chi connectivity index (χ0v) is 11.5. The predicted molar refractivity (Wildman–Crippen MR) is 73.1 cm³/mol. The van der Waals surface area contributed by atoms with Crippen LogP contribution in [0, 0.1) is 6.92 Å². The van der Waals surface area contributed by atoms with Gasteiger partial charge >= 0.3 is 5.97 Å². The number of aromatic carboxylic acids is 1.